The molecule has 2 heterocycles. The van der Waals surface area contributed by atoms with E-state index in [4.69, 9.17) is 4.74 Å². The lowest BCUT2D eigenvalue weighted by Crippen LogP contribution is -2.33. The predicted molar refractivity (Wildman–Crippen MR) is 98.2 cm³/mol. The minimum absolute atomic E-state index is 0.00749. The van der Waals surface area contributed by atoms with Crippen molar-refractivity contribution in [3.05, 3.63) is 27.1 Å². The fourth-order valence-corrected chi connectivity index (χ4v) is 5.34. The Morgan fingerprint density at radius 3 is 2.88 bits per heavy atom. The molecule has 2 aliphatic carbocycles. The normalized spacial score (nSPS) is 19.1. The summed E-state index contributed by atoms with van der Waals surface area (Å²) < 4.78 is 7.21. The molecule has 0 aromatic carbocycles. The van der Waals surface area contributed by atoms with Gasteiger partial charge in [0.1, 0.15) is 17.0 Å². The van der Waals surface area contributed by atoms with Gasteiger partial charge in [-0.2, -0.15) is 0 Å². The lowest BCUT2D eigenvalue weighted by atomic mass is 9.98. The number of rotatable bonds is 4. The van der Waals surface area contributed by atoms with E-state index in [2.05, 4.69) is 4.98 Å². The third-order valence-corrected chi connectivity index (χ3v) is 6.68. The van der Waals surface area contributed by atoms with Crippen molar-refractivity contribution in [3.8, 4) is 0 Å². The minimum atomic E-state index is -0.580. The van der Waals surface area contributed by atoms with Crippen LogP contribution in [-0.4, -0.2) is 21.6 Å². The fourth-order valence-electron chi connectivity index (χ4n) is 4.12. The number of carbonyl (C=O) groups excluding carboxylic acids is 1. The maximum absolute atomic E-state index is 13.1. The van der Waals surface area contributed by atoms with Crippen molar-refractivity contribution in [2.75, 3.05) is 0 Å². The van der Waals surface area contributed by atoms with Gasteiger partial charge in [0, 0.05) is 4.88 Å². The number of thiophene rings is 1. The van der Waals surface area contributed by atoms with E-state index >= 15 is 0 Å². The van der Waals surface area contributed by atoms with Gasteiger partial charge in [0.25, 0.3) is 5.56 Å². The second kappa shape index (κ2) is 6.90. The van der Waals surface area contributed by atoms with Crippen LogP contribution in [-0.2, 0) is 22.4 Å². The van der Waals surface area contributed by atoms with Crippen LogP contribution >= 0.6 is 11.3 Å². The summed E-state index contributed by atoms with van der Waals surface area (Å²) in [5.74, 6) is -0.287. The van der Waals surface area contributed by atoms with E-state index < -0.39 is 6.04 Å². The monoisotopic (exact) mass is 360 g/mol. The van der Waals surface area contributed by atoms with E-state index in [9.17, 15) is 9.59 Å². The van der Waals surface area contributed by atoms with Crippen LogP contribution in [0.4, 0.5) is 0 Å². The quantitative estimate of drug-likeness (QED) is 0.779. The fraction of sp³-hybridized carbons (Fsp3) is 0.632. The van der Waals surface area contributed by atoms with Crippen molar-refractivity contribution in [1.29, 1.82) is 0 Å². The van der Waals surface area contributed by atoms with Crippen LogP contribution in [0.25, 0.3) is 10.2 Å². The maximum atomic E-state index is 13.1. The summed E-state index contributed by atoms with van der Waals surface area (Å²) >= 11 is 1.62. The molecule has 2 aliphatic rings. The average Bonchev–Trinajstić information content (AvgIpc) is 3.19. The standard InChI is InChI=1S/C19H24N2O3S/c1-2-14(19(23)24-12-7-4-3-5-8-12)21-11-20-17-16(18(21)22)13-9-6-10-15(13)25-17/h11-12,14H,2-10H2,1H3/t14-/m1/s1. The number of hydrogen-bond donors (Lipinski definition) is 0. The van der Waals surface area contributed by atoms with Crippen molar-refractivity contribution >= 4 is 27.5 Å². The molecule has 0 spiro atoms. The lowest BCUT2D eigenvalue weighted by molar-refractivity contribution is -0.154. The van der Waals surface area contributed by atoms with Gasteiger partial charge >= 0.3 is 5.97 Å². The van der Waals surface area contributed by atoms with E-state index in [1.807, 2.05) is 6.92 Å². The zero-order chi connectivity index (χ0) is 17.4. The summed E-state index contributed by atoms with van der Waals surface area (Å²) in [6.45, 7) is 1.92. The Bertz CT molecular complexity index is 848. The third-order valence-electron chi connectivity index (χ3n) is 5.48. The van der Waals surface area contributed by atoms with Crippen LogP contribution in [0.2, 0.25) is 0 Å². The molecule has 1 fully saturated rings. The molecule has 0 unspecified atom stereocenters. The summed E-state index contributed by atoms with van der Waals surface area (Å²) in [5, 5.41) is 0.726. The van der Waals surface area contributed by atoms with Crippen molar-refractivity contribution in [1.82, 2.24) is 9.55 Å². The Morgan fingerprint density at radius 1 is 1.32 bits per heavy atom. The Kier molecular flexibility index (Phi) is 4.63. The van der Waals surface area contributed by atoms with Gasteiger partial charge in [-0.1, -0.05) is 13.3 Å². The summed E-state index contributed by atoms with van der Waals surface area (Å²) in [5.41, 5.74) is 1.07. The summed E-state index contributed by atoms with van der Waals surface area (Å²) in [7, 11) is 0. The lowest BCUT2D eigenvalue weighted by Gasteiger charge is -2.25. The van der Waals surface area contributed by atoms with E-state index in [1.54, 1.807) is 11.3 Å². The number of nitrogens with zero attached hydrogens (tertiary/aromatic N) is 2. The molecule has 2 aromatic rings. The first-order chi connectivity index (χ1) is 12.2. The molecule has 0 saturated heterocycles. The molecule has 0 amide bonds. The van der Waals surface area contributed by atoms with Gasteiger partial charge in [-0.25, -0.2) is 9.78 Å². The number of aromatic nitrogens is 2. The maximum Gasteiger partial charge on any atom is 0.329 e. The van der Waals surface area contributed by atoms with Crippen molar-refractivity contribution in [2.45, 2.75) is 76.9 Å². The Balaban J connectivity index is 1.65. The highest BCUT2D eigenvalue weighted by molar-refractivity contribution is 7.18. The van der Waals surface area contributed by atoms with Crippen LogP contribution in [0.1, 0.15) is 68.4 Å². The van der Waals surface area contributed by atoms with Crippen LogP contribution < -0.4 is 5.56 Å². The minimum Gasteiger partial charge on any atom is -0.461 e. The summed E-state index contributed by atoms with van der Waals surface area (Å²) in [4.78, 5) is 32.3. The second-order valence-electron chi connectivity index (χ2n) is 7.12. The molecule has 134 valence electrons. The van der Waals surface area contributed by atoms with Gasteiger partial charge in [-0.05, 0) is 56.9 Å². The Morgan fingerprint density at radius 2 is 2.12 bits per heavy atom. The molecule has 0 radical (unpaired) electrons. The molecule has 1 atom stereocenters. The molecular weight excluding hydrogens is 336 g/mol. The number of carbonyl (C=O) groups is 1. The molecule has 2 aromatic heterocycles. The summed E-state index contributed by atoms with van der Waals surface area (Å²) in [6, 6.07) is -0.580. The summed E-state index contributed by atoms with van der Waals surface area (Å²) in [6.07, 6.45) is 10.5. The van der Waals surface area contributed by atoms with E-state index in [-0.39, 0.29) is 17.6 Å². The van der Waals surface area contributed by atoms with Crippen molar-refractivity contribution < 1.29 is 9.53 Å². The smallest absolute Gasteiger partial charge is 0.329 e. The van der Waals surface area contributed by atoms with E-state index in [0.717, 1.165) is 60.7 Å². The number of aryl methyl sites for hydroxylation is 2. The van der Waals surface area contributed by atoms with E-state index in [1.165, 1.54) is 22.2 Å². The van der Waals surface area contributed by atoms with E-state index in [0.29, 0.717) is 6.42 Å². The largest absolute Gasteiger partial charge is 0.461 e. The van der Waals surface area contributed by atoms with Gasteiger partial charge in [-0.15, -0.1) is 11.3 Å². The molecule has 25 heavy (non-hydrogen) atoms. The first-order valence-corrected chi connectivity index (χ1v) is 10.2. The number of hydrogen-bond acceptors (Lipinski definition) is 5. The molecular formula is C19H24N2O3S. The van der Waals surface area contributed by atoms with Crippen molar-refractivity contribution in [3.63, 3.8) is 0 Å². The molecule has 0 aliphatic heterocycles. The SMILES string of the molecule is CC[C@H](C(=O)OC1CCCCC1)n1cnc2sc3c(c2c1=O)CCC3. The van der Waals surface area contributed by atoms with Gasteiger partial charge in [0.2, 0.25) is 0 Å². The molecule has 1 saturated carbocycles. The van der Waals surface area contributed by atoms with Crippen LogP contribution in [0.5, 0.6) is 0 Å². The second-order valence-corrected chi connectivity index (χ2v) is 8.20. The topological polar surface area (TPSA) is 61.2 Å². The highest BCUT2D eigenvalue weighted by Crippen LogP contribution is 2.34. The zero-order valence-corrected chi connectivity index (χ0v) is 15.4. The number of fused-ring (bicyclic) bond motifs is 3. The van der Waals surface area contributed by atoms with Gasteiger partial charge in [0.15, 0.2) is 0 Å². The van der Waals surface area contributed by atoms with Crippen LogP contribution in [0, 0.1) is 0 Å². The molecule has 0 N–H and O–H groups in total. The zero-order valence-electron chi connectivity index (χ0n) is 14.6. The number of esters is 1. The Hall–Kier alpha value is -1.69. The van der Waals surface area contributed by atoms with Gasteiger partial charge in [-0.3, -0.25) is 9.36 Å². The Labute approximate surface area is 151 Å². The van der Waals surface area contributed by atoms with Crippen molar-refractivity contribution in [2.24, 2.45) is 0 Å². The average molecular weight is 360 g/mol. The van der Waals surface area contributed by atoms with Gasteiger partial charge in [0.05, 0.1) is 11.7 Å². The first kappa shape index (κ1) is 16.8. The first-order valence-electron chi connectivity index (χ1n) is 9.41. The predicted octanol–water partition coefficient (Wildman–Crippen LogP) is 3.77. The highest BCUT2D eigenvalue weighted by Gasteiger charge is 2.28. The molecule has 5 nitrogen and oxygen atoms in total. The third kappa shape index (κ3) is 3.01. The highest BCUT2D eigenvalue weighted by atomic mass is 32.1. The molecule has 6 heteroatoms. The molecule has 4 rings (SSSR count). The van der Waals surface area contributed by atoms with Gasteiger partial charge < -0.3 is 4.74 Å². The molecule has 0 bridgehead atoms. The van der Waals surface area contributed by atoms with Crippen LogP contribution in [0.15, 0.2) is 11.1 Å². The number of ether oxygens (including phenoxy) is 1. The van der Waals surface area contributed by atoms with Crippen LogP contribution in [0.3, 0.4) is 0 Å².